The van der Waals surface area contributed by atoms with Gasteiger partial charge in [0.2, 0.25) is 0 Å². The molecule has 1 atom stereocenters. The summed E-state index contributed by atoms with van der Waals surface area (Å²) >= 11 is 1.76. The third kappa shape index (κ3) is 1.15. The Morgan fingerprint density at radius 2 is 2.42 bits per heavy atom. The molecule has 0 N–H and O–H groups in total. The summed E-state index contributed by atoms with van der Waals surface area (Å²) in [4.78, 5) is 11.4. The summed E-state index contributed by atoms with van der Waals surface area (Å²) < 4.78 is 5.30. The SMILES string of the molecule is CSCC1CC2(CCC2)C(=O)O1. The average Bonchev–Trinajstić information content (AvgIpc) is 2.26. The number of hydrogen-bond acceptors (Lipinski definition) is 3. The lowest BCUT2D eigenvalue weighted by Crippen LogP contribution is -2.33. The molecule has 0 bridgehead atoms. The largest absolute Gasteiger partial charge is 0.461 e. The van der Waals surface area contributed by atoms with Crippen LogP contribution in [0.25, 0.3) is 0 Å². The van der Waals surface area contributed by atoms with Crippen LogP contribution in [0.2, 0.25) is 0 Å². The van der Waals surface area contributed by atoms with E-state index < -0.39 is 0 Å². The molecule has 0 aromatic carbocycles. The molecule has 2 fully saturated rings. The highest BCUT2D eigenvalue weighted by Crippen LogP contribution is 2.50. The molecule has 0 amide bonds. The van der Waals surface area contributed by atoms with E-state index in [-0.39, 0.29) is 17.5 Å². The summed E-state index contributed by atoms with van der Waals surface area (Å²) in [5.74, 6) is 1.04. The number of cyclic esters (lactones) is 1. The van der Waals surface area contributed by atoms with Gasteiger partial charge in [-0.2, -0.15) is 11.8 Å². The van der Waals surface area contributed by atoms with Gasteiger partial charge in [-0.3, -0.25) is 4.79 Å². The fraction of sp³-hybridized carbons (Fsp3) is 0.889. The van der Waals surface area contributed by atoms with Gasteiger partial charge in [0, 0.05) is 12.2 Å². The number of ether oxygens (including phenoxy) is 1. The Morgan fingerprint density at radius 3 is 2.83 bits per heavy atom. The Morgan fingerprint density at radius 1 is 1.67 bits per heavy atom. The molecule has 0 aromatic rings. The zero-order valence-electron chi connectivity index (χ0n) is 7.34. The van der Waals surface area contributed by atoms with Gasteiger partial charge < -0.3 is 4.74 Å². The molecule has 1 aliphatic carbocycles. The molecule has 1 unspecified atom stereocenters. The van der Waals surface area contributed by atoms with Gasteiger partial charge in [0.1, 0.15) is 6.10 Å². The van der Waals surface area contributed by atoms with Crippen LogP contribution in [0.15, 0.2) is 0 Å². The Labute approximate surface area is 77.0 Å². The quantitative estimate of drug-likeness (QED) is 0.615. The van der Waals surface area contributed by atoms with Crippen LogP contribution < -0.4 is 0 Å². The highest BCUT2D eigenvalue weighted by atomic mass is 32.2. The summed E-state index contributed by atoms with van der Waals surface area (Å²) in [5.41, 5.74) is -0.0274. The molecule has 2 rings (SSSR count). The molecule has 1 saturated heterocycles. The number of esters is 1. The van der Waals surface area contributed by atoms with E-state index in [2.05, 4.69) is 6.26 Å². The number of thioether (sulfide) groups is 1. The van der Waals surface area contributed by atoms with Gasteiger partial charge in [-0.15, -0.1) is 0 Å². The van der Waals surface area contributed by atoms with E-state index in [1.54, 1.807) is 11.8 Å². The minimum Gasteiger partial charge on any atom is -0.461 e. The first-order valence-corrected chi connectivity index (χ1v) is 5.86. The van der Waals surface area contributed by atoms with Crippen LogP contribution in [0.3, 0.4) is 0 Å². The number of hydrogen-bond donors (Lipinski definition) is 0. The van der Waals surface area contributed by atoms with E-state index in [0.717, 1.165) is 25.0 Å². The number of carbonyl (C=O) groups excluding carboxylic acids is 1. The topological polar surface area (TPSA) is 26.3 Å². The third-order valence-corrected chi connectivity index (χ3v) is 3.69. The third-order valence-electron chi connectivity index (χ3n) is 2.99. The van der Waals surface area contributed by atoms with Gasteiger partial charge in [-0.25, -0.2) is 0 Å². The van der Waals surface area contributed by atoms with E-state index in [4.69, 9.17) is 4.74 Å². The molecule has 3 heteroatoms. The molecule has 1 aliphatic heterocycles. The molecule has 12 heavy (non-hydrogen) atoms. The van der Waals surface area contributed by atoms with E-state index in [0.29, 0.717) is 0 Å². The Bertz CT molecular complexity index is 199. The minimum absolute atomic E-state index is 0.0274. The van der Waals surface area contributed by atoms with E-state index >= 15 is 0 Å². The lowest BCUT2D eigenvalue weighted by Gasteiger charge is -2.33. The van der Waals surface area contributed by atoms with Gasteiger partial charge in [-0.05, 0) is 19.1 Å². The first kappa shape index (κ1) is 8.42. The predicted molar refractivity (Wildman–Crippen MR) is 49.2 cm³/mol. The predicted octanol–water partition coefficient (Wildman–Crippen LogP) is 1.84. The zero-order chi connectivity index (χ0) is 8.60. The summed E-state index contributed by atoms with van der Waals surface area (Å²) in [7, 11) is 0. The van der Waals surface area contributed by atoms with Crippen molar-refractivity contribution in [3.8, 4) is 0 Å². The van der Waals surface area contributed by atoms with Crippen LogP contribution in [0, 0.1) is 5.41 Å². The fourth-order valence-electron chi connectivity index (χ4n) is 2.13. The molecule has 1 spiro atoms. The summed E-state index contributed by atoms with van der Waals surface area (Å²) in [5, 5.41) is 0. The van der Waals surface area contributed by atoms with Crippen LogP contribution in [0.4, 0.5) is 0 Å². The zero-order valence-corrected chi connectivity index (χ0v) is 8.15. The molecular weight excluding hydrogens is 172 g/mol. The van der Waals surface area contributed by atoms with Gasteiger partial charge in [-0.1, -0.05) is 6.42 Å². The monoisotopic (exact) mass is 186 g/mol. The van der Waals surface area contributed by atoms with Crippen LogP contribution >= 0.6 is 11.8 Å². The number of rotatable bonds is 2. The van der Waals surface area contributed by atoms with E-state index in [9.17, 15) is 4.79 Å². The molecule has 2 aliphatic rings. The summed E-state index contributed by atoms with van der Waals surface area (Å²) in [6.45, 7) is 0. The lowest BCUT2D eigenvalue weighted by molar-refractivity contribution is -0.151. The second kappa shape index (κ2) is 2.95. The maximum atomic E-state index is 11.4. The Kier molecular flexibility index (Phi) is 2.07. The first-order chi connectivity index (χ1) is 5.77. The van der Waals surface area contributed by atoms with E-state index in [1.165, 1.54) is 6.42 Å². The normalized spacial score (nSPS) is 31.8. The first-order valence-electron chi connectivity index (χ1n) is 4.47. The van der Waals surface area contributed by atoms with Crippen molar-refractivity contribution in [3.05, 3.63) is 0 Å². The smallest absolute Gasteiger partial charge is 0.312 e. The van der Waals surface area contributed by atoms with Crippen molar-refractivity contribution < 1.29 is 9.53 Å². The van der Waals surface area contributed by atoms with Gasteiger partial charge in [0.05, 0.1) is 5.41 Å². The van der Waals surface area contributed by atoms with Crippen molar-refractivity contribution in [1.82, 2.24) is 0 Å². The molecule has 1 heterocycles. The molecular formula is C9H14O2S. The van der Waals surface area contributed by atoms with Gasteiger partial charge >= 0.3 is 5.97 Å². The standard InChI is InChI=1S/C9H14O2S/c1-12-6-7-5-9(3-2-4-9)8(10)11-7/h7H,2-6H2,1H3. The molecule has 2 nitrogen and oxygen atoms in total. The average molecular weight is 186 g/mol. The minimum atomic E-state index is -0.0274. The van der Waals surface area contributed by atoms with Gasteiger partial charge in [0.25, 0.3) is 0 Å². The van der Waals surface area contributed by atoms with Crippen LogP contribution in [-0.2, 0) is 9.53 Å². The van der Waals surface area contributed by atoms with E-state index in [1.807, 2.05) is 0 Å². The van der Waals surface area contributed by atoms with Crippen LogP contribution in [0.5, 0.6) is 0 Å². The highest BCUT2D eigenvalue weighted by Gasteiger charge is 2.52. The maximum absolute atomic E-state index is 11.4. The summed E-state index contributed by atoms with van der Waals surface area (Å²) in [6.07, 6.45) is 6.58. The molecule has 0 radical (unpaired) electrons. The van der Waals surface area contributed by atoms with Crippen molar-refractivity contribution in [2.24, 2.45) is 5.41 Å². The van der Waals surface area contributed by atoms with Crippen molar-refractivity contribution in [2.75, 3.05) is 12.0 Å². The molecule has 1 saturated carbocycles. The van der Waals surface area contributed by atoms with Crippen molar-refractivity contribution in [2.45, 2.75) is 31.8 Å². The highest BCUT2D eigenvalue weighted by molar-refractivity contribution is 7.98. The number of carbonyl (C=O) groups is 1. The summed E-state index contributed by atoms with van der Waals surface area (Å²) in [6, 6.07) is 0. The molecule has 0 aromatic heterocycles. The Balaban J connectivity index is 1.98. The van der Waals surface area contributed by atoms with Crippen molar-refractivity contribution in [3.63, 3.8) is 0 Å². The van der Waals surface area contributed by atoms with Crippen molar-refractivity contribution >= 4 is 17.7 Å². The van der Waals surface area contributed by atoms with Crippen molar-refractivity contribution in [1.29, 1.82) is 0 Å². The Hall–Kier alpha value is -0.180. The van der Waals surface area contributed by atoms with Crippen LogP contribution in [0.1, 0.15) is 25.7 Å². The maximum Gasteiger partial charge on any atom is 0.312 e. The van der Waals surface area contributed by atoms with Gasteiger partial charge in [0.15, 0.2) is 0 Å². The second-order valence-electron chi connectivity index (χ2n) is 3.82. The second-order valence-corrected chi connectivity index (χ2v) is 4.73. The fourth-order valence-corrected chi connectivity index (χ4v) is 2.69. The molecule has 68 valence electrons. The van der Waals surface area contributed by atoms with Crippen LogP contribution in [-0.4, -0.2) is 24.1 Å². The lowest BCUT2D eigenvalue weighted by atomic mass is 9.67.